The molecule has 0 atom stereocenters. The lowest BCUT2D eigenvalue weighted by Gasteiger charge is -2.30. The second kappa shape index (κ2) is 10.1. The van der Waals surface area contributed by atoms with E-state index in [1.807, 2.05) is 12.1 Å². The van der Waals surface area contributed by atoms with E-state index in [9.17, 15) is 13.2 Å². The molecule has 0 amide bonds. The molecule has 1 fully saturated rings. The summed E-state index contributed by atoms with van der Waals surface area (Å²) in [4.78, 5) is 12.7. The SMILES string of the molecule is CC(C)c1ccc(COC(=O)C2CCN(S(=O)(=O)c3ccc4c(c3)OCCCO4)CC2)cc1. The van der Waals surface area contributed by atoms with E-state index < -0.39 is 10.0 Å². The van der Waals surface area contributed by atoms with E-state index in [1.165, 1.54) is 15.9 Å². The molecule has 0 spiro atoms. The summed E-state index contributed by atoms with van der Waals surface area (Å²) in [5, 5.41) is 0. The fourth-order valence-electron chi connectivity index (χ4n) is 4.06. The largest absolute Gasteiger partial charge is 0.490 e. The smallest absolute Gasteiger partial charge is 0.309 e. The van der Waals surface area contributed by atoms with Gasteiger partial charge < -0.3 is 14.2 Å². The van der Waals surface area contributed by atoms with Gasteiger partial charge in [0.1, 0.15) is 6.61 Å². The molecule has 2 aliphatic rings. The number of sulfonamides is 1. The molecule has 7 nitrogen and oxygen atoms in total. The van der Waals surface area contributed by atoms with Gasteiger partial charge in [0.15, 0.2) is 11.5 Å². The molecular formula is C25H31NO6S. The lowest BCUT2D eigenvalue weighted by atomic mass is 9.98. The van der Waals surface area contributed by atoms with Gasteiger partial charge in [-0.3, -0.25) is 4.79 Å². The Bertz CT molecular complexity index is 1070. The first-order chi connectivity index (χ1) is 15.8. The summed E-state index contributed by atoms with van der Waals surface area (Å²) in [6.07, 6.45) is 1.63. The fourth-order valence-corrected chi connectivity index (χ4v) is 5.54. The third-order valence-corrected chi connectivity index (χ3v) is 8.07. The van der Waals surface area contributed by atoms with Crippen LogP contribution in [0, 0.1) is 5.92 Å². The molecule has 8 heteroatoms. The van der Waals surface area contributed by atoms with Crippen LogP contribution in [0.1, 0.15) is 50.2 Å². The van der Waals surface area contributed by atoms with Gasteiger partial charge in [0.2, 0.25) is 10.0 Å². The Morgan fingerprint density at radius 1 is 1.03 bits per heavy atom. The van der Waals surface area contributed by atoms with Crippen molar-refractivity contribution in [3.63, 3.8) is 0 Å². The summed E-state index contributed by atoms with van der Waals surface area (Å²) in [5.41, 5.74) is 2.19. The van der Waals surface area contributed by atoms with Crippen molar-refractivity contribution in [3.8, 4) is 11.5 Å². The minimum Gasteiger partial charge on any atom is -0.490 e. The molecule has 2 heterocycles. The Morgan fingerprint density at radius 3 is 2.36 bits per heavy atom. The van der Waals surface area contributed by atoms with Crippen molar-refractivity contribution in [3.05, 3.63) is 53.6 Å². The van der Waals surface area contributed by atoms with Crippen LogP contribution in [0.3, 0.4) is 0 Å². The van der Waals surface area contributed by atoms with Gasteiger partial charge >= 0.3 is 5.97 Å². The number of benzene rings is 2. The van der Waals surface area contributed by atoms with Gasteiger partial charge in [0.05, 0.1) is 24.0 Å². The molecule has 178 valence electrons. The number of esters is 1. The Kier molecular flexibility index (Phi) is 7.24. The van der Waals surface area contributed by atoms with Crippen LogP contribution in [0.25, 0.3) is 0 Å². The second-order valence-corrected chi connectivity index (χ2v) is 10.8. The highest BCUT2D eigenvalue weighted by atomic mass is 32.2. The first kappa shape index (κ1) is 23.6. The Morgan fingerprint density at radius 2 is 1.70 bits per heavy atom. The van der Waals surface area contributed by atoms with E-state index in [4.69, 9.17) is 14.2 Å². The lowest BCUT2D eigenvalue weighted by Crippen LogP contribution is -2.40. The lowest BCUT2D eigenvalue weighted by molar-refractivity contribution is -0.151. The Labute approximate surface area is 195 Å². The number of piperidine rings is 1. The van der Waals surface area contributed by atoms with Crippen LogP contribution in [0.2, 0.25) is 0 Å². The van der Waals surface area contributed by atoms with E-state index in [1.54, 1.807) is 12.1 Å². The molecule has 33 heavy (non-hydrogen) atoms. The van der Waals surface area contributed by atoms with Crippen molar-refractivity contribution in [2.75, 3.05) is 26.3 Å². The van der Waals surface area contributed by atoms with E-state index in [-0.39, 0.29) is 36.5 Å². The topological polar surface area (TPSA) is 82.1 Å². The minimum atomic E-state index is -3.68. The normalized spacial score (nSPS) is 17.5. The van der Waals surface area contributed by atoms with E-state index >= 15 is 0 Å². The number of carbonyl (C=O) groups excluding carboxylic acids is 1. The maximum Gasteiger partial charge on any atom is 0.309 e. The highest BCUT2D eigenvalue weighted by Gasteiger charge is 2.33. The third-order valence-electron chi connectivity index (χ3n) is 6.17. The third kappa shape index (κ3) is 5.50. The maximum atomic E-state index is 13.1. The van der Waals surface area contributed by atoms with Crippen molar-refractivity contribution >= 4 is 16.0 Å². The van der Waals surface area contributed by atoms with E-state index in [0.717, 1.165) is 12.0 Å². The number of fused-ring (bicyclic) bond motifs is 1. The monoisotopic (exact) mass is 473 g/mol. The van der Waals surface area contributed by atoms with Gasteiger partial charge in [-0.15, -0.1) is 0 Å². The van der Waals surface area contributed by atoms with Gasteiger partial charge in [0.25, 0.3) is 0 Å². The molecule has 0 N–H and O–H groups in total. The molecule has 4 rings (SSSR count). The molecule has 2 aromatic rings. The summed E-state index contributed by atoms with van der Waals surface area (Å²) < 4.78 is 44.4. The fraction of sp³-hybridized carbons (Fsp3) is 0.480. The molecule has 2 aromatic carbocycles. The zero-order valence-corrected chi connectivity index (χ0v) is 20.0. The van der Waals surface area contributed by atoms with Crippen molar-refractivity contribution < 1.29 is 27.4 Å². The van der Waals surface area contributed by atoms with Crippen LogP contribution < -0.4 is 9.47 Å². The number of carbonyl (C=O) groups is 1. The zero-order chi connectivity index (χ0) is 23.4. The Hall–Kier alpha value is -2.58. The molecule has 0 saturated carbocycles. The number of hydrogen-bond donors (Lipinski definition) is 0. The van der Waals surface area contributed by atoms with Gasteiger partial charge in [-0.2, -0.15) is 4.31 Å². The van der Waals surface area contributed by atoms with E-state index in [2.05, 4.69) is 26.0 Å². The van der Waals surface area contributed by atoms with Gasteiger partial charge in [0, 0.05) is 25.6 Å². The van der Waals surface area contributed by atoms with Gasteiger partial charge in [-0.25, -0.2) is 8.42 Å². The number of ether oxygens (including phenoxy) is 3. The van der Waals surface area contributed by atoms with Crippen molar-refractivity contribution in [2.45, 2.75) is 50.5 Å². The van der Waals surface area contributed by atoms with Crippen LogP contribution in [0.5, 0.6) is 11.5 Å². The van der Waals surface area contributed by atoms with Crippen LogP contribution >= 0.6 is 0 Å². The summed E-state index contributed by atoms with van der Waals surface area (Å²) in [6.45, 7) is 6.09. The summed E-state index contributed by atoms with van der Waals surface area (Å²) in [6, 6.07) is 12.8. The predicted octanol–water partition coefficient (Wildman–Crippen LogP) is 4.12. The van der Waals surface area contributed by atoms with Crippen LogP contribution in [0.4, 0.5) is 0 Å². The van der Waals surface area contributed by atoms with Gasteiger partial charge in [-0.1, -0.05) is 38.1 Å². The maximum absolute atomic E-state index is 13.1. The van der Waals surface area contributed by atoms with Crippen LogP contribution in [0.15, 0.2) is 47.4 Å². The van der Waals surface area contributed by atoms with Crippen LogP contribution in [-0.2, 0) is 26.2 Å². The van der Waals surface area contributed by atoms with E-state index in [0.29, 0.717) is 43.5 Å². The number of hydrogen-bond acceptors (Lipinski definition) is 6. The molecule has 0 unspecified atom stereocenters. The first-order valence-electron chi connectivity index (χ1n) is 11.5. The highest BCUT2D eigenvalue weighted by Crippen LogP contribution is 2.34. The Balaban J connectivity index is 1.32. The molecule has 0 aromatic heterocycles. The highest BCUT2D eigenvalue weighted by molar-refractivity contribution is 7.89. The molecular weight excluding hydrogens is 442 g/mol. The summed E-state index contributed by atoms with van der Waals surface area (Å²) in [5.74, 6) is 0.903. The molecule has 0 aliphatic carbocycles. The quantitative estimate of drug-likeness (QED) is 0.587. The predicted molar refractivity (Wildman–Crippen MR) is 124 cm³/mol. The van der Waals surface area contributed by atoms with Crippen molar-refractivity contribution in [2.24, 2.45) is 5.92 Å². The number of nitrogens with zero attached hydrogens (tertiary/aromatic N) is 1. The molecule has 0 bridgehead atoms. The van der Waals surface area contributed by atoms with Crippen molar-refractivity contribution in [1.82, 2.24) is 4.31 Å². The standard InChI is InChI=1S/C25H31NO6S/c1-18(2)20-6-4-19(5-7-20)17-32-25(27)21-10-12-26(13-11-21)33(28,29)22-8-9-23-24(16-22)31-15-3-14-30-23/h4-9,16,18,21H,3,10-15,17H2,1-2H3. The first-order valence-corrected chi connectivity index (χ1v) is 12.9. The van der Waals surface area contributed by atoms with Crippen molar-refractivity contribution in [1.29, 1.82) is 0 Å². The summed E-state index contributed by atoms with van der Waals surface area (Å²) in [7, 11) is -3.68. The molecule has 0 radical (unpaired) electrons. The van der Waals surface area contributed by atoms with Crippen LogP contribution in [-0.4, -0.2) is 45.0 Å². The molecule has 2 aliphatic heterocycles. The van der Waals surface area contributed by atoms with Gasteiger partial charge in [-0.05, 0) is 42.0 Å². The molecule has 1 saturated heterocycles. The summed E-state index contributed by atoms with van der Waals surface area (Å²) >= 11 is 0. The minimum absolute atomic E-state index is 0.178. The average Bonchev–Trinajstić information content (AvgIpc) is 3.08. The number of rotatable bonds is 6. The average molecular weight is 474 g/mol. The second-order valence-electron chi connectivity index (χ2n) is 8.84. The zero-order valence-electron chi connectivity index (χ0n) is 19.2.